The van der Waals surface area contributed by atoms with Crippen LogP contribution in [0.4, 0.5) is 10.2 Å². The summed E-state index contributed by atoms with van der Waals surface area (Å²) in [6.45, 7) is 6.23. The Kier molecular flexibility index (Phi) is 7.95. The van der Waals surface area contributed by atoms with Gasteiger partial charge in [0, 0.05) is 16.9 Å². The van der Waals surface area contributed by atoms with Crippen LogP contribution in [0.5, 0.6) is 5.75 Å². The number of nitrogen functional groups attached to an aromatic ring is 1. The van der Waals surface area contributed by atoms with Crippen LogP contribution in [0.25, 0.3) is 22.6 Å². The minimum Gasteiger partial charge on any atom is -0.491 e. The summed E-state index contributed by atoms with van der Waals surface area (Å²) in [7, 11) is 0. The third-order valence-corrected chi connectivity index (χ3v) is 7.36. The van der Waals surface area contributed by atoms with Gasteiger partial charge in [-0.25, -0.2) is 14.4 Å². The molecule has 1 atom stereocenters. The maximum Gasteiger partial charge on any atom is 0.226 e. The number of oxazole rings is 1. The Hall–Kier alpha value is -4.42. The van der Waals surface area contributed by atoms with Gasteiger partial charge in [-0.15, -0.1) is 0 Å². The lowest BCUT2D eigenvalue weighted by Crippen LogP contribution is -2.25. The average Bonchev–Trinajstić information content (AvgIpc) is 3.51. The van der Waals surface area contributed by atoms with Crippen LogP contribution in [0.1, 0.15) is 36.4 Å². The van der Waals surface area contributed by atoms with Gasteiger partial charge in [-0.2, -0.15) is 10.5 Å². The van der Waals surface area contributed by atoms with Gasteiger partial charge < -0.3 is 24.4 Å². The van der Waals surface area contributed by atoms with Crippen LogP contribution in [0, 0.1) is 35.4 Å². The number of hydrogen-bond acceptors (Lipinski definition) is 10. The molecule has 0 aliphatic carbocycles. The highest BCUT2D eigenvalue weighted by atomic mass is 32.2. The van der Waals surface area contributed by atoms with E-state index in [9.17, 15) is 14.9 Å². The summed E-state index contributed by atoms with van der Waals surface area (Å²) in [5, 5.41) is 20.4. The Balaban J connectivity index is 1.38. The zero-order chi connectivity index (χ0) is 29.1. The number of nitrogens with two attached hydrogens (primary N) is 1. The van der Waals surface area contributed by atoms with E-state index in [-0.39, 0.29) is 23.0 Å². The van der Waals surface area contributed by atoms with E-state index in [1.807, 2.05) is 13.8 Å². The van der Waals surface area contributed by atoms with E-state index < -0.39 is 11.6 Å². The Morgan fingerprint density at radius 1 is 1.10 bits per heavy atom. The molecule has 2 aromatic heterocycles. The van der Waals surface area contributed by atoms with Gasteiger partial charge in [0.1, 0.15) is 58.6 Å². The van der Waals surface area contributed by atoms with Gasteiger partial charge in [-0.1, -0.05) is 30.0 Å². The largest absolute Gasteiger partial charge is 0.491 e. The number of benzene rings is 2. The van der Waals surface area contributed by atoms with Crippen molar-refractivity contribution in [1.82, 2.24) is 9.97 Å². The van der Waals surface area contributed by atoms with E-state index in [0.717, 1.165) is 0 Å². The number of ether oxygens (including phenoxy) is 3. The highest BCUT2D eigenvalue weighted by molar-refractivity contribution is 7.98. The first kappa shape index (κ1) is 28.1. The van der Waals surface area contributed by atoms with E-state index >= 15 is 0 Å². The number of hydrogen-bond donors (Lipinski definition) is 1. The van der Waals surface area contributed by atoms with Crippen molar-refractivity contribution in [2.45, 2.75) is 43.4 Å². The molecule has 1 aliphatic heterocycles. The van der Waals surface area contributed by atoms with E-state index in [1.165, 1.54) is 23.9 Å². The summed E-state index contributed by atoms with van der Waals surface area (Å²) in [4.78, 5) is 8.88. The molecule has 0 spiro atoms. The van der Waals surface area contributed by atoms with Crippen LogP contribution >= 0.6 is 11.8 Å². The molecular weight excluding hydrogens is 545 g/mol. The van der Waals surface area contributed by atoms with Crippen molar-refractivity contribution >= 4 is 17.6 Å². The standard InChI is InChI=1S/C30H26FN5O4S/c1-17-25(35-28(39-17)19-5-4-6-20(31)11-19)16-41-29-24(13-33)26(23(12-32)27(34)36-29)18-7-9-21(10-8-18)37-14-22-15-38-30(2,3)40-22/h4-11,22H,14-16H2,1-3H3,(H2,34,36)/t22-/m0/s1. The summed E-state index contributed by atoms with van der Waals surface area (Å²) >= 11 is 1.25. The average molecular weight is 572 g/mol. The number of nitriles is 2. The number of pyridine rings is 1. The van der Waals surface area contributed by atoms with Gasteiger partial charge in [-0.3, -0.25) is 0 Å². The fourth-order valence-electron chi connectivity index (χ4n) is 4.39. The minimum absolute atomic E-state index is 0.0163. The van der Waals surface area contributed by atoms with Crippen molar-refractivity contribution in [2.24, 2.45) is 0 Å². The molecule has 1 fully saturated rings. The maximum absolute atomic E-state index is 13.7. The fraction of sp³-hybridized carbons (Fsp3) is 0.267. The van der Waals surface area contributed by atoms with E-state index in [4.69, 9.17) is 24.4 Å². The number of anilines is 1. The van der Waals surface area contributed by atoms with Crippen LogP contribution in [-0.4, -0.2) is 35.1 Å². The molecule has 208 valence electrons. The molecule has 2 N–H and O–H groups in total. The molecule has 0 amide bonds. The molecule has 41 heavy (non-hydrogen) atoms. The van der Waals surface area contributed by atoms with Gasteiger partial charge in [-0.05, 0) is 56.7 Å². The van der Waals surface area contributed by atoms with Crippen LogP contribution in [0.3, 0.4) is 0 Å². The van der Waals surface area contributed by atoms with Gasteiger partial charge >= 0.3 is 0 Å². The van der Waals surface area contributed by atoms with Crippen LogP contribution in [0.15, 0.2) is 58.0 Å². The second kappa shape index (κ2) is 11.6. The molecular formula is C30H26FN5O4S. The first-order valence-electron chi connectivity index (χ1n) is 12.7. The molecule has 1 aliphatic rings. The molecule has 11 heteroatoms. The van der Waals surface area contributed by atoms with Crippen LogP contribution in [0.2, 0.25) is 0 Å². The lowest BCUT2D eigenvalue weighted by Gasteiger charge is -2.17. The smallest absolute Gasteiger partial charge is 0.226 e. The van der Waals surface area contributed by atoms with Gasteiger partial charge in [0.15, 0.2) is 5.79 Å². The predicted octanol–water partition coefficient (Wildman–Crippen LogP) is 6.00. The van der Waals surface area contributed by atoms with Crippen molar-refractivity contribution in [3.8, 4) is 40.5 Å². The van der Waals surface area contributed by atoms with Crippen molar-refractivity contribution < 1.29 is 23.0 Å². The van der Waals surface area contributed by atoms with Crippen LogP contribution < -0.4 is 10.5 Å². The summed E-state index contributed by atoms with van der Waals surface area (Å²) in [6, 6.07) is 17.3. The summed E-state index contributed by atoms with van der Waals surface area (Å²) in [5.74, 6) is 0.766. The summed E-state index contributed by atoms with van der Waals surface area (Å²) < 4.78 is 36.6. The predicted molar refractivity (Wildman–Crippen MR) is 150 cm³/mol. The Morgan fingerprint density at radius 3 is 2.51 bits per heavy atom. The minimum atomic E-state index is -0.633. The number of halogens is 1. The molecule has 0 bridgehead atoms. The van der Waals surface area contributed by atoms with E-state index in [0.29, 0.717) is 63.8 Å². The van der Waals surface area contributed by atoms with Crippen LogP contribution in [-0.2, 0) is 15.2 Å². The maximum atomic E-state index is 13.7. The SMILES string of the molecule is Cc1oc(-c2cccc(F)c2)nc1CSc1nc(N)c(C#N)c(-c2ccc(OC[C@H]3COC(C)(C)O3)cc2)c1C#N. The Bertz CT molecular complexity index is 1670. The highest BCUT2D eigenvalue weighted by Gasteiger charge is 2.33. The van der Waals surface area contributed by atoms with Gasteiger partial charge in [0.05, 0.1) is 17.9 Å². The molecule has 9 nitrogen and oxygen atoms in total. The molecule has 0 unspecified atom stereocenters. The number of rotatable bonds is 8. The van der Waals surface area contributed by atoms with Crippen molar-refractivity contribution in [2.75, 3.05) is 18.9 Å². The van der Waals surface area contributed by atoms with Gasteiger partial charge in [0.2, 0.25) is 5.89 Å². The first-order valence-corrected chi connectivity index (χ1v) is 13.7. The zero-order valence-corrected chi connectivity index (χ0v) is 23.4. The number of aryl methyl sites for hydroxylation is 1. The quantitative estimate of drug-likeness (QED) is 0.250. The molecule has 2 aromatic carbocycles. The third-order valence-electron chi connectivity index (χ3n) is 6.37. The summed E-state index contributed by atoms with van der Waals surface area (Å²) in [5.41, 5.74) is 8.66. The zero-order valence-electron chi connectivity index (χ0n) is 22.6. The van der Waals surface area contributed by atoms with E-state index in [2.05, 4.69) is 22.1 Å². The Labute approximate surface area is 240 Å². The molecule has 0 saturated carbocycles. The van der Waals surface area contributed by atoms with Crippen molar-refractivity contribution in [1.29, 1.82) is 10.5 Å². The number of aromatic nitrogens is 2. The summed E-state index contributed by atoms with van der Waals surface area (Å²) in [6.07, 6.45) is -0.182. The van der Waals surface area contributed by atoms with Gasteiger partial charge in [0.25, 0.3) is 0 Å². The molecule has 1 saturated heterocycles. The lowest BCUT2D eigenvalue weighted by molar-refractivity contribution is -0.141. The monoisotopic (exact) mass is 571 g/mol. The molecule has 3 heterocycles. The molecule has 4 aromatic rings. The topological polar surface area (TPSA) is 140 Å². The normalized spacial score (nSPS) is 15.8. The second-order valence-corrected chi connectivity index (χ2v) is 10.7. The highest BCUT2D eigenvalue weighted by Crippen LogP contribution is 2.38. The molecule has 5 rings (SSSR count). The molecule has 0 radical (unpaired) electrons. The first-order chi connectivity index (χ1) is 19.7. The van der Waals surface area contributed by atoms with Crippen molar-refractivity contribution in [3.63, 3.8) is 0 Å². The third kappa shape index (κ3) is 6.18. The second-order valence-electron chi connectivity index (χ2n) is 9.76. The number of thioether (sulfide) groups is 1. The number of nitrogens with zero attached hydrogens (tertiary/aromatic N) is 4. The van der Waals surface area contributed by atoms with Crippen molar-refractivity contribution in [3.05, 3.63) is 76.9 Å². The lowest BCUT2D eigenvalue weighted by atomic mass is 9.97. The van der Waals surface area contributed by atoms with E-state index in [1.54, 1.807) is 43.3 Å². The fourth-order valence-corrected chi connectivity index (χ4v) is 5.38. The Morgan fingerprint density at radius 2 is 1.85 bits per heavy atom.